The van der Waals surface area contributed by atoms with Crippen LogP contribution in [0.25, 0.3) is 10.2 Å². The second kappa shape index (κ2) is 5.26. The molecule has 13 heavy (non-hydrogen) atoms. The minimum absolute atomic E-state index is 0. The molecule has 1 aromatic carbocycles. The lowest BCUT2D eigenvalue weighted by molar-refractivity contribution is -0.662. The first kappa shape index (κ1) is 11.4. The number of fused-ring (bicyclic) bond motifs is 1. The van der Waals surface area contributed by atoms with E-state index in [9.17, 15) is 0 Å². The van der Waals surface area contributed by atoms with Crippen LogP contribution < -0.4 is 28.5 Å². The minimum Gasteiger partial charge on any atom is -1.00 e. The first-order valence-electron chi connectivity index (χ1n) is 3.83. The van der Waals surface area contributed by atoms with Gasteiger partial charge >= 0.3 is 0 Å². The van der Waals surface area contributed by atoms with Crippen LogP contribution in [0.5, 0.6) is 0 Å². The van der Waals surface area contributed by atoms with Crippen molar-refractivity contribution in [1.82, 2.24) is 0 Å². The molecule has 2 rings (SSSR count). The smallest absolute Gasteiger partial charge is 0.225 e. The van der Waals surface area contributed by atoms with Crippen LogP contribution in [0.4, 0.5) is 0 Å². The molecule has 0 saturated carbocycles. The molecule has 0 N–H and O–H groups in total. The van der Waals surface area contributed by atoms with Crippen molar-refractivity contribution in [3.05, 3.63) is 29.8 Å². The van der Waals surface area contributed by atoms with Gasteiger partial charge in [0.1, 0.15) is 4.70 Å². The van der Waals surface area contributed by atoms with E-state index in [-0.39, 0.29) is 24.0 Å². The maximum atomic E-state index is 3.44. The highest BCUT2D eigenvalue weighted by Gasteiger charge is 2.08. The maximum Gasteiger partial charge on any atom is 0.225 e. The summed E-state index contributed by atoms with van der Waals surface area (Å²) in [7, 11) is 0. The molecule has 0 atom stereocenters. The van der Waals surface area contributed by atoms with Crippen molar-refractivity contribution in [3.8, 4) is 0 Å². The van der Waals surface area contributed by atoms with Crippen molar-refractivity contribution >= 4 is 37.5 Å². The molecular weight excluding hydrogens is 361 g/mol. The number of aromatic nitrogens is 1. The molecule has 1 heterocycles. The normalized spacial score (nSPS) is 9.92. The molecule has 0 aliphatic heterocycles. The highest BCUT2D eigenvalue weighted by atomic mass is 127. The number of hydrogen-bond acceptors (Lipinski definition) is 1. The van der Waals surface area contributed by atoms with Gasteiger partial charge in [0.15, 0.2) is 6.54 Å². The molecule has 0 bridgehead atoms. The molecule has 1 nitrogen and oxygen atoms in total. The van der Waals surface area contributed by atoms with Crippen molar-refractivity contribution in [3.63, 3.8) is 0 Å². The zero-order valence-corrected chi connectivity index (χ0v) is 11.5. The van der Waals surface area contributed by atoms with Crippen molar-refractivity contribution < 1.29 is 28.5 Å². The van der Waals surface area contributed by atoms with Gasteiger partial charge in [-0.05, 0) is 6.07 Å². The van der Waals surface area contributed by atoms with Crippen LogP contribution in [0.2, 0.25) is 0 Å². The van der Waals surface area contributed by atoms with Gasteiger partial charge in [0, 0.05) is 6.07 Å². The summed E-state index contributed by atoms with van der Waals surface area (Å²) in [4.78, 5) is 0. The molecule has 0 spiro atoms. The molecule has 0 unspecified atom stereocenters. The van der Waals surface area contributed by atoms with E-state index in [1.54, 1.807) is 11.3 Å². The second-order valence-electron chi connectivity index (χ2n) is 2.57. The monoisotopic (exact) mass is 369 g/mol. The molecule has 0 fully saturated rings. The Bertz CT molecular complexity index is 388. The Hall–Kier alpha value is 0.320. The van der Waals surface area contributed by atoms with Gasteiger partial charge in [0.05, 0.1) is 5.33 Å². The van der Waals surface area contributed by atoms with Crippen LogP contribution in [-0.4, -0.2) is 5.33 Å². The highest BCUT2D eigenvalue weighted by Crippen LogP contribution is 2.14. The lowest BCUT2D eigenvalue weighted by Crippen LogP contribution is -3.00. The first-order valence-corrected chi connectivity index (χ1v) is 5.83. The average molecular weight is 370 g/mol. The Balaban J connectivity index is 0.000000845. The predicted octanol–water partition coefficient (Wildman–Crippen LogP) is -0.412. The fourth-order valence-corrected chi connectivity index (χ4v) is 2.54. The highest BCUT2D eigenvalue weighted by molar-refractivity contribution is 9.09. The summed E-state index contributed by atoms with van der Waals surface area (Å²) in [5, 5.41) is 1.01. The van der Waals surface area contributed by atoms with E-state index >= 15 is 0 Å². The van der Waals surface area contributed by atoms with Crippen LogP contribution in [0.3, 0.4) is 0 Å². The lowest BCUT2D eigenvalue weighted by atomic mass is 10.3. The van der Waals surface area contributed by atoms with Crippen LogP contribution in [0.15, 0.2) is 29.8 Å². The fraction of sp³-hybridized carbons (Fsp3) is 0.222. The third-order valence-corrected chi connectivity index (χ3v) is 3.12. The van der Waals surface area contributed by atoms with Crippen LogP contribution >= 0.6 is 27.3 Å². The van der Waals surface area contributed by atoms with Gasteiger partial charge in [-0.15, -0.1) is 0 Å². The quantitative estimate of drug-likeness (QED) is 0.385. The summed E-state index contributed by atoms with van der Waals surface area (Å²) in [5.41, 5.74) is 3.51. The number of alkyl halides is 1. The first-order chi connectivity index (χ1) is 5.92. The van der Waals surface area contributed by atoms with Gasteiger partial charge in [-0.3, -0.25) is 0 Å². The van der Waals surface area contributed by atoms with Gasteiger partial charge < -0.3 is 24.0 Å². The van der Waals surface area contributed by atoms with Gasteiger partial charge in [-0.2, -0.15) is 4.57 Å². The maximum absolute atomic E-state index is 3.44. The third kappa shape index (κ3) is 2.41. The molecular formula is C9H9BrINS. The van der Waals surface area contributed by atoms with E-state index in [0.717, 1.165) is 11.9 Å². The summed E-state index contributed by atoms with van der Waals surface area (Å²) >= 11 is 5.24. The van der Waals surface area contributed by atoms with Gasteiger partial charge in [0.25, 0.3) is 0 Å². The van der Waals surface area contributed by atoms with E-state index in [0.29, 0.717) is 0 Å². The summed E-state index contributed by atoms with van der Waals surface area (Å²) in [5.74, 6) is 0. The zero-order chi connectivity index (χ0) is 8.39. The van der Waals surface area contributed by atoms with Crippen LogP contribution in [0.1, 0.15) is 0 Å². The van der Waals surface area contributed by atoms with Crippen molar-refractivity contribution in [2.24, 2.45) is 0 Å². The molecule has 0 radical (unpaired) electrons. The molecule has 0 aliphatic rings. The second-order valence-corrected chi connectivity index (χ2v) is 4.25. The van der Waals surface area contributed by atoms with Crippen molar-refractivity contribution in [2.75, 3.05) is 5.33 Å². The molecule has 0 aliphatic carbocycles. The fourth-order valence-electron chi connectivity index (χ4n) is 1.24. The number of aryl methyl sites for hydroxylation is 1. The number of halogens is 2. The topological polar surface area (TPSA) is 3.88 Å². The number of rotatable bonds is 2. The Morgan fingerprint density at radius 3 is 2.85 bits per heavy atom. The molecule has 0 amide bonds. The number of benzene rings is 1. The average Bonchev–Trinajstić information content (AvgIpc) is 2.50. The van der Waals surface area contributed by atoms with E-state index in [2.05, 4.69) is 50.3 Å². The summed E-state index contributed by atoms with van der Waals surface area (Å²) in [6, 6.07) is 8.48. The SMILES string of the molecule is BrCC[n+]1csc2ccccc21.[I-]. The zero-order valence-electron chi connectivity index (χ0n) is 6.91. The van der Waals surface area contributed by atoms with E-state index in [4.69, 9.17) is 0 Å². The van der Waals surface area contributed by atoms with Gasteiger partial charge in [0.2, 0.25) is 11.0 Å². The van der Waals surface area contributed by atoms with Crippen molar-refractivity contribution in [1.29, 1.82) is 0 Å². The Kier molecular flexibility index (Phi) is 4.61. The molecule has 1 aromatic heterocycles. The van der Waals surface area contributed by atoms with E-state index in [1.807, 2.05) is 0 Å². The molecule has 4 heteroatoms. The summed E-state index contributed by atoms with van der Waals surface area (Å²) in [6.45, 7) is 1.05. The van der Waals surface area contributed by atoms with Gasteiger partial charge in [-0.25, -0.2) is 0 Å². The number of nitrogens with zero attached hydrogens (tertiary/aromatic N) is 1. The minimum atomic E-state index is 0. The van der Waals surface area contributed by atoms with Gasteiger partial charge in [-0.1, -0.05) is 39.4 Å². The van der Waals surface area contributed by atoms with Crippen LogP contribution in [0, 0.1) is 0 Å². The number of para-hydroxylation sites is 1. The van der Waals surface area contributed by atoms with E-state index < -0.39 is 0 Å². The lowest BCUT2D eigenvalue weighted by Gasteiger charge is -1.88. The molecule has 2 aromatic rings. The van der Waals surface area contributed by atoms with E-state index in [1.165, 1.54) is 10.2 Å². The Labute approximate surface area is 107 Å². The van der Waals surface area contributed by atoms with Crippen molar-refractivity contribution in [2.45, 2.75) is 6.54 Å². The Morgan fingerprint density at radius 1 is 1.31 bits per heavy atom. The Morgan fingerprint density at radius 2 is 2.08 bits per heavy atom. The number of thiazole rings is 1. The third-order valence-electron chi connectivity index (χ3n) is 1.81. The van der Waals surface area contributed by atoms with Crippen LogP contribution in [-0.2, 0) is 6.54 Å². The summed E-state index contributed by atoms with van der Waals surface area (Å²) in [6.07, 6.45) is 0. The molecule has 0 saturated heterocycles. The largest absolute Gasteiger partial charge is 1.00 e. The number of hydrogen-bond donors (Lipinski definition) is 0. The standard InChI is InChI=1S/C9H9BrNS.HI/c10-5-6-11-7-12-9-4-2-1-3-8(9)11;/h1-4,7H,5-6H2;1H/q+1;/p-1. The molecule has 70 valence electrons. The summed E-state index contributed by atoms with van der Waals surface area (Å²) < 4.78 is 3.63. The predicted molar refractivity (Wildman–Crippen MR) is 55.8 cm³/mol.